The number of rotatable bonds is 18. The predicted molar refractivity (Wildman–Crippen MR) is 127 cm³/mol. The molecule has 0 radical (unpaired) electrons. The smallest absolute Gasteiger partial charge is 0.311 e. The van der Waals surface area contributed by atoms with Crippen molar-refractivity contribution in [1.29, 1.82) is 0 Å². The van der Waals surface area contributed by atoms with Gasteiger partial charge >= 0.3 is 11.9 Å². The maximum Gasteiger partial charge on any atom is 0.311 e. The van der Waals surface area contributed by atoms with Crippen LogP contribution < -0.4 is 4.74 Å². The molecule has 31 heavy (non-hydrogen) atoms. The fraction of sp³-hybridized carbons (Fsp3) is 0.704. The number of benzene rings is 1. The highest BCUT2D eigenvalue weighted by Gasteiger charge is 2.09. The lowest BCUT2D eigenvalue weighted by Crippen LogP contribution is -2.11. The summed E-state index contributed by atoms with van der Waals surface area (Å²) in [4.78, 5) is 23.5. The Morgan fingerprint density at radius 2 is 1.23 bits per heavy atom. The van der Waals surface area contributed by atoms with Gasteiger partial charge in [-0.15, -0.1) is 0 Å². The van der Waals surface area contributed by atoms with E-state index in [9.17, 15) is 9.59 Å². The summed E-state index contributed by atoms with van der Waals surface area (Å²) >= 11 is 0. The summed E-state index contributed by atoms with van der Waals surface area (Å²) in [5.41, 5.74) is 0.880. The minimum atomic E-state index is -0.215. The number of esters is 2. The summed E-state index contributed by atoms with van der Waals surface area (Å²) in [6.07, 6.45) is 17.3. The molecule has 0 saturated carbocycles. The van der Waals surface area contributed by atoms with Crippen LogP contribution in [0.25, 0.3) is 0 Å². The number of hydrogen-bond acceptors (Lipinski definition) is 4. The molecular formula is C27H44O4. The number of hydrogen-bond donors (Lipinski definition) is 0. The Morgan fingerprint density at radius 3 is 1.71 bits per heavy atom. The SMILES string of the molecule is CCCCCCCCCCCCCCCC(=O)Oc1ccc(COC(=O)C(C)C)cc1. The molecule has 1 rings (SSSR count). The average molecular weight is 433 g/mol. The molecule has 0 aliphatic rings. The highest BCUT2D eigenvalue weighted by molar-refractivity contribution is 5.72. The lowest BCUT2D eigenvalue weighted by atomic mass is 10.0. The quantitative estimate of drug-likeness (QED) is 0.135. The third-order valence-corrected chi connectivity index (χ3v) is 5.49. The molecule has 0 heterocycles. The van der Waals surface area contributed by atoms with E-state index >= 15 is 0 Å². The zero-order valence-electron chi connectivity index (χ0n) is 20.1. The van der Waals surface area contributed by atoms with E-state index in [-0.39, 0.29) is 24.5 Å². The lowest BCUT2D eigenvalue weighted by molar-refractivity contribution is -0.148. The second-order valence-corrected chi connectivity index (χ2v) is 8.87. The number of ether oxygens (including phenoxy) is 2. The maximum atomic E-state index is 12.0. The Labute approximate surface area is 190 Å². The van der Waals surface area contributed by atoms with E-state index in [0.717, 1.165) is 18.4 Å². The van der Waals surface area contributed by atoms with Gasteiger partial charge in [0.25, 0.3) is 0 Å². The summed E-state index contributed by atoms with van der Waals surface area (Å²) < 4.78 is 10.6. The third kappa shape index (κ3) is 14.7. The van der Waals surface area contributed by atoms with Crippen molar-refractivity contribution >= 4 is 11.9 Å². The monoisotopic (exact) mass is 432 g/mol. The molecule has 0 spiro atoms. The van der Waals surface area contributed by atoms with Crippen LogP contribution in [0.15, 0.2) is 24.3 Å². The lowest BCUT2D eigenvalue weighted by Gasteiger charge is -2.08. The summed E-state index contributed by atoms with van der Waals surface area (Å²) in [5.74, 6) is 0.0133. The molecule has 0 amide bonds. The van der Waals surface area contributed by atoms with Gasteiger partial charge in [0.05, 0.1) is 5.92 Å². The van der Waals surface area contributed by atoms with Gasteiger partial charge in [0, 0.05) is 6.42 Å². The molecule has 0 aliphatic heterocycles. The van der Waals surface area contributed by atoms with Crippen molar-refractivity contribution in [2.24, 2.45) is 5.92 Å². The first-order chi connectivity index (χ1) is 15.0. The van der Waals surface area contributed by atoms with Crippen LogP contribution in [0.4, 0.5) is 0 Å². The van der Waals surface area contributed by atoms with Gasteiger partial charge in [-0.1, -0.05) is 110 Å². The van der Waals surface area contributed by atoms with Crippen molar-refractivity contribution in [3.8, 4) is 5.75 Å². The van der Waals surface area contributed by atoms with Crippen molar-refractivity contribution in [2.45, 2.75) is 117 Å². The summed E-state index contributed by atoms with van der Waals surface area (Å²) in [5, 5.41) is 0. The van der Waals surface area contributed by atoms with Crippen molar-refractivity contribution in [3.63, 3.8) is 0 Å². The molecule has 1 aromatic rings. The molecule has 4 heteroatoms. The van der Waals surface area contributed by atoms with Crippen LogP contribution in [0, 0.1) is 5.92 Å². The van der Waals surface area contributed by atoms with E-state index < -0.39 is 0 Å². The van der Waals surface area contributed by atoms with E-state index in [1.165, 1.54) is 70.6 Å². The Kier molecular flexibility index (Phi) is 15.6. The van der Waals surface area contributed by atoms with Gasteiger partial charge in [0.2, 0.25) is 0 Å². The molecular weight excluding hydrogens is 388 g/mol. The standard InChI is InChI=1S/C27H44O4/c1-4-5-6-7-8-9-10-11-12-13-14-15-16-17-26(28)31-25-20-18-24(19-21-25)22-30-27(29)23(2)3/h18-21,23H,4-17,22H2,1-3H3. The zero-order chi connectivity index (χ0) is 22.7. The van der Waals surface area contributed by atoms with Gasteiger partial charge in [0.1, 0.15) is 12.4 Å². The fourth-order valence-corrected chi connectivity index (χ4v) is 3.44. The van der Waals surface area contributed by atoms with Crippen LogP contribution in [0.5, 0.6) is 5.75 Å². The van der Waals surface area contributed by atoms with Gasteiger partial charge < -0.3 is 9.47 Å². The highest BCUT2D eigenvalue weighted by Crippen LogP contribution is 2.16. The molecule has 0 unspecified atom stereocenters. The van der Waals surface area contributed by atoms with Gasteiger partial charge in [0.15, 0.2) is 0 Å². The van der Waals surface area contributed by atoms with E-state index in [2.05, 4.69) is 6.92 Å². The van der Waals surface area contributed by atoms with E-state index in [1.807, 2.05) is 26.0 Å². The third-order valence-electron chi connectivity index (χ3n) is 5.49. The van der Waals surface area contributed by atoms with Crippen molar-refractivity contribution in [2.75, 3.05) is 0 Å². The van der Waals surface area contributed by atoms with E-state index in [0.29, 0.717) is 12.2 Å². The minimum Gasteiger partial charge on any atom is -0.461 e. The first kappa shape index (κ1) is 27.2. The zero-order valence-corrected chi connectivity index (χ0v) is 20.1. The number of unbranched alkanes of at least 4 members (excludes halogenated alkanes) is 12. The Bertz CT molecular complexity index is 592. The number of carbonyl (C=O) groups excluding carboxylic acids is 2. The van der Waals surface area contributed by atoms with Gasteiger partial charge in [-0.25, -0.2) is 0 Å². The molecule has 0 fully saturated rings. The van der Waals surface area contributed by atoms with Crippen LogP contribution in [0.1, 0.15) is 116 Å². The molecule has 0 atom stereocenters. The normalized spacial score (nSPS) is 11.0. The van der Waals surface area contributed by atoms with Crippen molar-refractivity contribution in [1.82, 2.24) is 0 Å². The van der Waals surface area contributed by atoms with Crippen molar-refractivity contribution < 1.29 is 19.1 Å². The largest absolute Gasteiger partial charge is 0.461 e. The van der Waals surface area contributed by atoms with Crippen LogP contribution in [0.3, 0.4) is 0 Å². The molecule has 0 aromatic heterocycles. The summed E-state index contributed by atoms with van der Waals surface area (Å²) in [7, 11) is 0. The van der Waals surface area contributed by atoms with Gasteiger partial charge in [-0.05, 0) is 24.1 Å². The van der Waals surface area contributed by atoms with E-state index in [1.54, 1.807) is 12.1 Å². The first-order valence-corrected chi connectivity index (χ1v) is 12.5. The summed E-state index contributed by atoms with van der Waals surface area (Å²) in [6, 6.07) is 7.14. The van der Waals surface area contributed by atoms with Crippen LogP contribution in [-0.4, -0.2) is 11.9 Å². The maximum absolute atomic E-state index is 12.0. The summed E-state index contributed by atoms with van der Waals surface area (Å²) in [6.45, 7) is 6.12. The van der Waals surface area contributed by atoms with Crippen LogP contribution in [0.2, 0.25) is 0 Å². The topological polar surface area (TPSA) is 52.6 Å². The van der Waals surface area contributed by atoms with Crippen LogP contribution in [-0.2, 0) is 20.9 Å². The first-order valence-electron chi connectivity index (χ1n) is 12.5. The minimum absolute atomic E-state index is 0.134. The second-order valence-electron chi connectivity index (χ2n) is 8.87. The average Bonchev–Trinajstić information content (AvgIpc) is 2.76. The molecule has 176 valence electrons. The fourth-order valence-electron chi connectivity index (χ4n) is 3.44. The Morgan fingerprint density at radius 1 is 0.742 bits per heavy atom. The molecule has 0 saturated heterocycles. The Balaban J connectivity index is 2.00. The van der Waals surface area contributed by atoms with E-state index in [4.69, 9.17) is 9.47 Å². The second kappa shape index (κ2) is 17.8. The van der Waals surface area contributed by atoms with Gasteiger partial charge in [-0.3, -0.25) is 9.59 Å². The van der Waals surface area contributed by atoms with Gasteiger partial charge in [-0.2, -0.15) is 0 Å². The number of carbonyl (C=O) groups is 2. The Hall–Kier alpha value is -1.84. The predicted octanol–water partition coefficient (Wildman–Crippen LogP) is 7.77. The molecule has 0 aliphatic carbocycles. The van der Waals surface area contributed by atoms with Crippen molar-refractivity contribution in [3.05, 3.63) is 29.8 Å². The molecule has 0 bridgehead atoms. The molecule has 4 nitrogen and oxygen atoms in total. The van der Waals surface area contributed by atoms with Crippen LogP contribution >= 0.6 is 0 Å². The molecule has 1 aromatic carbocycles. The molecule has 0 N–H and O–H groups in total. The highest BCUT2D eigenvalue weighted by atomic mass is 16.5.